The molecule has 0 unspecified atom stereocenters. The Morgan fingerprint density at radius 2 is 1.56 bits per heavy atom. The molecule has 4 rings (SSSR count). The van der Waals surface area contributed by atoms with Crippen molar-refractivity contribution in [2.24, 2.45) is 0 Å². The van der Waals surface area contributed by atoms with E-state index in [4.69, 9.17) is 4.98 Å². The van der Waals surface area contributed by atoms with Gasteiger partial charge in [-0.25, -0.2) is 4.98 Å². The first kappa shape index (κ1) is 17.2. The summed E-state index contributed by atoms with van der Waals surface area (Å²) in [6.07, 6.45) is 1.82. The normalized spacial score (nSPS) is 11.0. The van der Waals surface area contributed by atoms with Crippen molar-refractivity contribution < 1.29 is 0 Å². The van der Waals surface area contributed by atoms with Crippen LogP contribution in [0.2, 0.25) is 0 Å². The summed E-state index contributed by atoms with van der Waals surface area (Å²) in [5, 5.41) is 0. The Morgan fingerprint density at radius 3 is 2.22 bits per heavy atom. The SMILES string of the molecule is Cc1cccc(-c2nc(-c3c(C)cc(C)cc3C)[nH]c2-c2ccccn2)c1. The number of rotatable bonds is 3. The highest BCUT2D eigenvalue weighted by molar-refractivity contribution is 5.81. The minimum absolute atomic E-state index is 0.891. The van der Waals surface area contributed by atoms with Gasteiger partial charge in [0.1, 0.15) is 5.82 Å². The molecule has 2 heterocycles. The predicted molar refractivity (Wildman–Crippen MR) is 112 cm³/mol. The van der Waals surface area contributed by atoms with Crippen LogP contribution < -0.4 is 0 Å². The Bertz CT molecular complexity index is 1080. The number of nitrogens with zero attached hydrogens (tertiary/aromatic N) is 2. The molecule has 0 saturated heterocycles. The van der Waals surface area contributed by atoms with Gasteiger partial charge in [-0.15, -0.1) is 0 Å². The summed E-state index contributed by atoms with van der Waals surface area (Å²) in [5.74, 6) is 0.891. The molecule has 2 aromatic carbocycles. The van der Waals surface area contributed by atoms with Crippen molar-refractivity contribution in [2.75, 3.05) is 0 Å². The second-order valence-corrected chi connectivity index (χ2v) is 7.17. The Kier molecular flexibility index (Phi) is 4.36. The fourth-order valence-corrected chi connectivity index (χ4v) is 3.74. The quantitative estimate of drug-likeness (QED) is 0.488. The number of aromatic amines is 1. The number of pyridine rings is 1. The summed E-state index contributed by atoms with van der Waals surface area (Å²) in [7, 11) is 0. The highest BCUT2D eigenvalue weighted by atomic mass is 15.0. The molecule has 1 N–H and O–H groups in total. The van der Waals surface area contributed by atoms with Gasteiger partial charge < -0.3 is 4.98 Å². The van der Waals surface area contributed by atoms with Crippen LogP contribution in [-0.4, -0.2) is 15.0 Å². The van der Waals surface area contributed by atoms with Crippen molar-refractivity contribution in [3.05, 3.63) is 83.0 Å². The van der Waals surface area contributed by atoms with Gasteiger partial charge in [-0.2, -0.15) is 0 Å². The van der Waals surface area contributed by atoms with E-state index in [1.165, 1.54) is 22.3 Å². The van der Waals surface area contributed by atoms with Crippen molar-refractivity contribution >= 4 is 0 Å². The fraction of sp³-hybridized carbons (Fsp3) is 0.167. The van der Waals surface area contributed by atoms with E-state index >= 15 is 0 Å². The molecule has 2 aromatic heterocycles. The maximum absolute atomic E-state index is 5.02. The van der Waals surface area contributed by atoms with Gasteiger partial charge in [0, 0.05) is 17.3 Å². The minimum atomic E-state index is 0.891. The zero-order valence-electron chi connectivity index (χ0n) is 16.2. The zero-order valence-corrected chi connectivity index (χ0v) is 16.2. The third-order valence-electron chi connectivity index (χ3n) is 4.83. The van der Waals surface area contributed by atoms with Gasteiger partial charge in [0.2, 0.25) is 0 Å². The number of nitrogens with one attached hydrogen (secondary N) is 1. The summed E-state index contributed by atoms with van der Waals surface area (Å²) >= 11 is 0. The van der Waals surface area contributed by atoms with Crippen molar-refractivity contribution in [1.29, 1.82) is 0 Å². The smallest absolute Gasteiger partial charge is 0.139 e. The second-order valence-electron chi connectivity index (χ2n) is 7.17. The molecule has 0 aliphatic carbocycles. The van der Waals surface area contributed by atoms with Crippen molar-refractivity contribution in [1.82, 2.24) is 15.0 Å². The molecule has 0 bridgehead atoms. The zero-order chi connectivity index (χ0) is 19.0. The lowest BCUT2D eigenvalue weighted by molar-refractivity contribution is 1.23. The van der Waals surface area contributed by atoms with Crippen molar-refractivity contribution in [3.8, 4) is 34.0 Å². The van der Waals surface area contributed by atoms with Gasteiger partial charge >= 0.3 is 0 Å². The lowest BCUT2D eigenvalue weighted by atomic mass is 9.99. The molecule has 0 amide bonds. The van der Waals surface area contributed by atoms with E-state index in [0.29, 0.717) is 0 Å². The van der Waals surface area contributed by atoms with E-state index in [1.807, 2.05) is 24.4 Å². The Morgan fingerprint density at radius 1 is 0.778 bits per heavy atom. The third-order valence-corrected chi connectivity index (χ3v) is 4.83. The maximum atomic E-state index is 5.02. The molecule has 0 fully saturated rings. The molecule has 0 spiro atoms. The third kappa shape index (κ3) is 3.28. The van der Waals surface area contributed by atoms with Gasteiger partial charge in [0.25, 0.3) is 0 Å². The number of hydrogen-bond acceptors (Lipinski definition) is 2. The first-order chi connectivity index (χ1) is 13.0. The first-order valence-electron chi connectivity index (χ1n) is 9.19. The Labute approximate surface area is 160 Å². The van der Waals surface area contributed by atoms with Crippen molar-refractivity contribution in [2.45, 2.75) is 27.7 Å². The molecule has 0 aliphatic rings. The number of benzene rings is 2. The molecular formula is C24H23N3. The van der Waals surface area contributed by atoms with E-state index in [-0.39, 0.29) is 0 Å². The molecule has 134 valence electrons. The molecular weight excluding hydrogens is 330 g/mol. The minimum Gasteiger partial charge on any atom is -0.336 e. The van der Waals surface area contributed by atoms with Crippen LogP contribution >= 0.6 is 0 Å². The van der Waals surface area contributed by atoms with Crippen LogP contribution in [0.3, 0.4) is 0 Å². The van der Waals surface area contributed by atoms with Crippen molar-refractivity contribution in [3.63, 3.8) is 0 Å². The molecule has 0 aliphatic heterocycles. The molecule has 3 heteroatoms. The summed E-state index contributed by atoms with van der Waals surface area (Å²) in [5.41, 5.74) is 9.99. The van der Waals surface area contributed by atoms with Crippen LogP contribution in [0.4, 0.5) is 0 Å². The van der Waals surface area contributed by atoms with Crippen LogP contribution in [0.15, 0.2) is 60.8 Å². The summed E-state index contributed by atoms with van der Waals surface area (Å²) < 4.78 is 0. The van der Waals surface area contributed by atoms with Crippen LogP contribution in [0.5, 0.6) is 0 Å². The first-order valence-corrected chi connectivity index (χ1v) is 9.19. The lowest BCUT2D eigenvalue weighted by Crippen LogP contribution is -1.92. The maximum Gasteiger partial charge on any atom is 0.139 e. The van der Waals surface area contributed by atoms with Gasteiger partial charge in [-0.1, -0.05) is 47.5 Å². The summed E-state index contributed by atoms with van der Waals surface area (Å²) in [4.78, 5) is 13.1. The highest BCUT2D eigenvalue weighted by Crippen LogP contribution is 2.34. The standard InChI is InChI=1S/C24H23N3/c1-15-8-7-9-19(14-15)22-23(20-10-5-6-11-25-20)27-24(26-22)21-17(3)12-16(2)13-18(21)4/h5-14H,1-4H3,(H,26,27). The van der Waals surface area contributed by atoms with Crippen LogP contribution in [-0.2, 0) is 0 Å². The van der Waals surface area contributed by atoms with Gasteiger partial charge in [0.15, 0.2) is 0 Å². The van der Waals surface area contributed by atoms with Gasteiger partial charge in [-0.05, 0) is 57.0 Å². The molecule has 0 radical (unpaired) electrons. The second kappa shape index (κ2) is 6.84. The molecule has 0 atom stereocenters. The van der Waals surface area contributed by atoms with E-state index in [1.54, 1.807) is 0 Å². The van der Waals surface area contributed by atoms with Gasteiger partial charge in [-0.3, -0.25) is 4.98 Å². The fourth-order valence-electron chi connectivity index (χ4n) is 3.74. The molecule has 4 aromatic rings. The topological polar surface area (TPSA) is 41.6 Å². The average Bonchev–Trinajstić information content (AvgIpc) is 3.06. The van der Waals surface area contributed by atoms with Crippen LogP contribution in [0.1, 0.15) is 22.3 Å². The van der Waals surface area contributed by atoms with Crippen LogP contribution in [0.25, 0.3) is 34.0 Å². The van der Waals surface area contributed by atoms with E-state index in [9.17, 15) is 0 Å². The van der Waals surface area contributed by atoms with E-state index in [2.05, 4.69) is 74.1 Å². The van der Waals surface area contributed by atoms with E-state index in [0.717, 1.165) is 34.0 Å². The summed E-state index contributed by atoms with van der Waals surface area (Å²) in [6, 6.07) is 18.8. The molecule has 3 nitrogen and oxygen atoms in total. The number of aryl methyl sites for hydroxylation is 4. The Balaban J connectivity index is 1.97. The number of hydrogen-bond donors (Lipinski definition) is 1. The average molecular weight is 353 g/mol. The monoisotopic (exact) mass is 353 g/mol. The van der Waals surface area contributed by atoms with Gasteiger partial charge in [0.05, 0.1) is 17.1 Å². The van der Waals surface area contributed by atoms with Crippen LogP contribution in [0, 0.1) is 27.7 Å². The molecule has 0 saturated carbocycles. The predicted octanol–water partition coefficient (Wildman–Crippen LogP) is 6.04. The lowest BCUT2D eigenvalue weighted by Gasteiger charge is -2.08. The number of H-pyrrole nitrogens is 1. The summed E-state index contributed by atoms with van der Waals surface area (Å²) in [6.45, 7) is 8.52. The molecule has 27 heavy (non-hydrogen) atoms. The Hall–Kier alpha value is -3.20. The highest BCUT2D eigenvalue weighted by Gasteiger charge is 2.18. The largest absolute Gasteiger partial charge is 0.336 e. The van der Waals surface area contributed by atoms with E-state index < -0.39 is 0 Å². The number of aromatic nitrogens is 3. The number of imidazole rings is 1.